The van der Waals surface area contributed by atoms with E-state index in [0.717, 1.165) is 32.2 Å². The maximum absolute atomic E-state index is 10.1. The van der Waals surface area contributed by atoms with Crippen molar-refractivity contribution in [3.63, 3.8) is 0 Å². The van der Waals surface area contributed by atoms with Crippen LogP contribution in [0.1, 0.15) is 33.6 Å². The minimum Gasteiger partial charge on any atom is -0.316 e. The molecular weight excluding hydrogens is 182 g/mol. The summed E-state index contributed by atoms with van der Waals surface area (Å²) in [6.07, 6.45) is 3.28. The summed E-state index contributed by atoms with van der Waals surface area (Å²) < 4.78 is 0. The molecule has 1 aliphatic rings. The monoisotopic (exact) mass is 203 g/mol. The number of carbonyl (C=O) groups excluding carboxylic acids is 1. The van der Waals surface area contributed by atoms with E-state index in [-0.39, 0.29) is 0 Å². The van der Waals surface area contributed by atoms with Crippen molar-refractivity contribution < 1.29 is 14.9 Å². The second-order valence-corrected chi connectivity index (χ2v) is 4.45. The molecule has 0 aliphatic carbocycles. The molecule has 4 nitrogen and oxygen atoms in total. The molecule has 0 aromatic rings. The summed E-state index contributed by atoms with van der Waals surface area (Å²) in [5.41, 5.74) is -0.403. The first kappa shape index (κ1) is 13.5. The first-order chi connectivity index (χ1) is 6.49. The van der Waals surface area contributed by atoms with Crippen LogP contribution in [0.3, 0.4) is 0 Å². The molecule has 1 fully saturated rings. The van der Waals surface area contributed by atoms with E-state index in [2.05, 4.69) is 10.2 Å². The van der Waals surface area contributed by atoms with Crippen molar-refractivity contribution in [3.05, 3.63) is 0 Å². The van der Waals surface area contributed by atoms with Crippen LogP contribution in [0.15, 0.2) is 0 Å². The molecule has 0 spiro atoms. The van der Waals surface area contributed by atoms with E-state index in [1.165, 1.54) is 0 Å². The minimum atomic E-state index is -0.403. The quantitative estimate of drug-likeness (QED) is 0.385. The van der Waals surface area contributed by atoms with E-state index in [4.69, 9.17) is 5.26 Å². The molecule has 84 valence electrons. The summed E-state index contributed by atoms with van der Waals surface area (Å²) >= 11 is 0. The summed E-state index contributed by atoms with van der Waals surface area (Å²) in [7, 11) is 0. The van der Waals surface area contributed by atoms with Gasteiger partial charge in [-0.25, -0.2) is 4.89 Å². The Bertz CT molecular complexity index is 148. The highest BCUT2D eigenvalue weighted by Gasteiger charge is 2.09. The van der Waals surface area contributed by atoms with Gasteiger partial charge in [0.2, 0.25) is 0 Å². The second kappa shape index (κ2) is 6.92. The average Bonchev–Trinajstić information content (AvgIpc) is 2.19. The van der Waals surface area contributed by atoms with Crippen molar-refractivity contribution >= 4 is 6.29 Å². The molecule has 1 rings (SSSR count). The fraction of sp³-hybridized carbons (Fsp3) is 0.900. The Morgan fingerprint density at radius 3 is 2.29 bits per heavy atom. The number of hydrogen-bond donors (Lipinski definition) is 2. The van der Waals surface area contributed by atoms with Gasteiger partial charge in [-0.2, -0.15) is 0 Å². The van der Waals surface area contributed by atoms with Gasteiger partial charge in [-0.05, 0) is 40.2 Å². The molecule has 0 aromatic heterocycles. The first-order valence-electron chi connectivity index (χ1n) is 4.98. The Morgan fingerprint density at radius 2 is 2.07 bits per heavy atom. The van der Waals surface area contributed by atoms with Gasteiger partial charge in [-0.3, -0.25) is 5.26 Å². The van der Waals surface area contributed by atoms with Crippen LogP contribution in [0.2, 0.25) is 0 Å². The Morgan fingerprint density at radius 1 is 1.50 bits per heavy atom. The standard InChI is InChI=1S/C6H11NO.C4H10O2/c8-5-6-2-1-3-7-4-6;1-4(2,3)6-5/h5-7H,1-4H2;5H,1-3H3/t6-;/m1./s1. The van der Waals surface area contributed by atoms with Crippen LogP contribution in [0.5, 0.6) is 0 Å². The third kappa shape index (κ3) is 8.16. The van der Waals surface area contributed by atoms with Crippen LogP contribution in [0.25, 0.3) is 0 Å². The van der Waals surface area contributed by atoms with Gasteiger partial charge in [0.25, 0.3) is 0 Å². The molecule has 0 amide bonds. The van der Waals surface area contributed by atoms with Crippen molar-refractivity contribution in [2.45, 2.75) is 39.2 Å². The van der Waals surface area contributed by atoms with Crippen LogP contribution in [0.4, 0.5) is 0 Å². The van der Waals surface area contributed by atoms with Gasteiger partial charge in [-0.1, -0.05) is 0 Å². The van der Waals surface area contributed by atoms with Crippen molar-refractivity contribution in [1.82, 2.24) is 5.32 Å². The third-order valence-corrected chi connectivity index (χ3v) is 1.80. The van der Waals surface area contributed by atoms with Crippen LogP contribution in [-0.4, -0.2) is 30.2 Å². The lowest BCUT2D eigenvalue weighted by Gasteiger charge is -2.16. The lowest BCUT2D eigenvalue weighted by Crippen LogP contribution is -2.30. The van der Waals surface area contributed by atoms with Crippen molar-refractivity contribution in [2.75, 3.05) is 13.1 Å². The fourth-order valence-electron chi connectivity index (χ4n) is 0.995. The lowest BCUT2D eigenvalue weighted by atomic mass is 10.0. The largest absolute Gasteiger partial charge is 0.316 e. The van der Waals surface area contributed by atoms with Crippen molar-refractivity contribution in [2.24, 2.45) is 5.92 Å². The van der Waals surface area contributed by atoms with E-state index in [9.17, 15) is 4.79 Å². The van der Waals surface area contributed by atoms with Gasteiger partial charge in [0, 0.05) is 12.5 Å². The number of aldehydes is 1. The van der Waals surface area contributed by atoms with Gasteiger partial charge in [0.05, 0.1) is 5.60 Å². The molecule has 1 atom stereocenters. The lowest BCUT2D eigenvalue weighted by molar-refractivity contribution is -0.306. The minimum absolute atomic E-state index is 0.295. The van der Waals surface area contributed by atoms with Crippen LogP contribution < -0.4 is 5.32 Å². The van der Waals surface area contributed by atoms with Gasteiger partial charge in [0.1, 0.15) is 6.29 Å². The van der Waals surface area contributed by atoms with Crippen LogP contribution in [0, 0.1) is 5.92 Å². The Labute approximate surface area is 85.6 Å². The summed E-state index contributed by atoms with van der Waals surface area (Å²) in [6, 6.07) is 0. The molecule has 0 aromatic carbocycles. The molecule has 0 unspecified atom stereocenters. The molecule has 1 aliphatic heterocycles. The number of hydrogen-bond acceptors (Lipinski definition) is 4. The molecule has 2 N–H and O–H groups in total. The van der Waals surface area contributed by atoms with Gasteiger partial charge < -0.3 is 10.1 Å². The summed E-state index contributed by atoms with van der Waals surface area (Å²) in [4.78, 5) is 14.1. The molecule has 0 bridgehead atoms. The zero-order chi connectivity index (χ0) is 11.0. The normalized spacial score (nSPS) is 22.1. The number of carbonyl (C=O) groups is 1. The molecule has 4 heteroatoms. The Kier molecular flexibility index (Phi) is 6.70. The topological polar surface area (TPSA) is 58.6 Å². The SMILES string of the molecule is CC(C)(C)OO.O=C[C@@H]1CCCNC1. The second-order valence-electron chi connectivity index (χ2n) is 4.45. The molecular formula is C10H21NO3. The van der Waals surface area contributed by atoms with Gasteiger partial charge >= 0.3 is 0 Å². The maximum Gasteiger partial charge on any atom is 0.124 e. The zero-order valence-electron chi connectivity index (χ0n) is 9.25. The first-order valence-corrected chi connectivity index (χ1v) is 4.98. The molecule has 0 radical (unpaired) electrons. The predicted molar refractivity (Wildman–Crippen MR) is 55.1 cm³/mol. The fourth-order valence-corrected chi connectivity index (χ4v) is 0.995. The van der Waals surface area contributed by atoms with Crippen LogP contribution in [-0.2, 0) is 9.68 Å². The molecule has 14 heavy (non-hydrogen) atoms. The summed E-state index contributed by atoms with van der Waals surface area (Å²) in [5.74, 6) is 0.295. The number of rotatable bonds is 1. The zero-order valence-corrected chi connectivity index (χ0v) is 9.25. The van der Waals surface area contributed by atoms with Crippen molar-refractivity contribution in [1.29, 1.82) is 0 Å². The highest BCUT2D eigenvalue weighted by atomic mass is 17.1. The van der Waals surface area contributed by atoms with Gasteiger partial charge in [-0.15, -0.1) is 0 Å². The van der Waals surface area contributed by atoms with E-state index in [0.29, 0.717) is 5.92 Å². The van der Waals surface area contributed by atoms with Crippen molar-refractivity contribution in [3.8, 4) is 0 Å². The Balaban J connectivity index is 0.000000255. The van der Waals surface area contributed by atoms with E-state index >= 15 is 0 Å². The highest BCUT2D eigenvalue weighted by Crippen LogP contribution is 2.05. The molecule has 1 heterocycles. The van der Waals surface area contributed by atoms with Crippen LogP contribution >= 0.6 is 0 Å². The van der Waals surface area contributed by atoms with E-state index < -0.39 is 5.60 Å². The molecule has 1 saturated heterocycles. The summed E-state index contributed by atoms with van der Waals surface area (Å²) in [6.45, 7) is 7.29. The smallest absolute Gasteiger partial charge is 0.124 e. The van der Waals surface area contributed by atoms with E-state index in [1.807, 2.05) is 0 Å². The average molecular weight is 203 g/mol. The molecule has 0 saturated carbocycles. The number of nitrogens with one attached hydrogen (secondary N) is 1. The third-order valence-electron chi connectivity index (χ3n) is 1.80. The Hall–Kier alpha value is -0.450. The van der Waals surface area contributed by atoms with E-state index in [1.54, 1.807) is 20.8 Å². The number of piperidine rings is 1. The maximum atomic E-state index is 10.1. The van der Waals surface area contributed by atoms with Gasteiger partial charge in [0.15, 0.2) is 0 Å². The highest BCUT2D eigenvalue weighted by molar-refractivity contribution is 5.53. The predicted octanol–water partition coefficient (Wildman–Crippen LogP) is 1.46. The summed E-state index contributed by atoms with van der Waals surface area (Å²) in [5, 5.41) is 11.1.